The minimum absolute atomic E-state index is 0.101. The Morgan fingerprint density at radius 3 is 2.38 bits per heavy atom. The molecule has 0 saturated carbocycles. The normalized spacial score (nSPS) is 10.8. The third-order valence-electron chi connectivity index (χ3n) is 1.64. The third-order valence-corrected chi connectivity index (χ3v) is 2.20. The van der Waals surface area contributed by atoms with Crippen LogP contribution in [0.1, 0.15) is 30.2 Å². The van der Waals surface area contributed by atoms with Gasteiger partial charge in [-0.25, -0.2) is 4.68 Å². The predicted molar refractivity (Wildman–Crippen MR) is 53.2 cm³/mol. The summed E-state index contributed by atoms with van der Waals surface area (Å²) in [6.45, 7) is 3.83. The smallest absolute Gasteiger partial charge is 0.255 e. The number of hydrogen-bond acceptors (Lipinski definition) is 3. The molecule has 0 fully saturated rings. The van der Waals surface area contributed by atoms with Crippen molar-refractivity contribution in [1.29, 1.82) is 0 Å². The van der Waals surface area contributed by atoms with E-state index in [1.165, 1.54) is 0 Å². The predicted octanol–water partition coefficient (Wildman–Crippen LogP) is 0.908. The van der Waals surface area contributed by atoms with Crippen molar-refractivity contribution in [2.24, 2.45) is 5.73 Å². The maximum absolute atomic E-state index is 10.9. The molecule has 0 aromatic carbocycles. The Balaban J connectivity index is 3.30. The van der Waals surface area contributed by atoms with Gasteiger partial charge in [-0.1, -0.05) is 0 Å². The van der Waals surface area contributed by atoms with E-state index in [2.05, 4.69) is 21.0 Å². The zero-order valence-corrected chi connectivity index (χ0v) is 9.00. The Morgan fingerprint density at radius 2 is 2.15 bits per heavy atom. The van der Waals surface area contributed by atoms with Gasteiger partial charge in [-0.2, -0.15) is 5.10 Å². The van der Waals surface area contributed by atoms with Gasteiger partial charge in [0, 0.05) is 6.04 Å². The number of anilines is 1. The van der Waals surface area contributed by atoms with Crippen LogP contribution >= 0.6 is 15.9 Å². The van der Waals surface area contributed by atoms with Gasteiger partial charge in [-0.05, 0) is 29.8 Å². The Hall–Kier alpha value is -1.04. The molecule has 1 aromatic rings. The van der Waals surface area contributed by atoms with E-state index in [9.17, 15) is 4.79 Å². The molecule has 72 valence electrons. The molecule has 0 saturated heterocycles. The summed E-state index contributed by atoms with van der Waals surface area (Å²) in [5, 5.41) is 4.04. The average Bonchev–Trinajstić information content (AvgIpc) is 2.26. The highest BCUT2D eigenvalue weighted by Crippen LogP contribution is 2.23. The van der Waals surface area contributed by atoms with Crippen LogP contribution in [0.3, 0.4) is 0 Å². The number of carbonyl (C=O) groups excluding carboxylic acids is 1. The summed E-state index contributed by atoms with van der Waals surface area (Å²) >= 11 is 3.12. The first kappa shape index (κ1) is 10.0. The van der Waals surface area contributed by atoms with Gasteiger partial charge in [0.1, 0.15) is 16.0 Å². The van der Waals surface area contributed by atoms with Gasteiger partial charge in [-0.15, -0.1) is 0 Å². The summed E-state index contributed by atoms with van der Waals surface area (Å²) < 4.78 is 1.94. The lowest BCUT2D eigenvalue weighted by atomic mass is 10.3. The van der Waals surface area contributed by atoms with E-state index in [-0.39, 0.29) is 11.6 Å². The fourth-order valence-corrected chi connectivity index (χ4v) is 1.61. The standard InChI is InChI=1S/C7H11BrN4O/c1-3(2)12-6(9)4(7(10)13)5(8)11-12/h3H,9H2,1-2H3,(H2,10,13). The molecular weight excluding hydrogens is 236 g/mol. The Bertz CT molecular complexity index is 345. The molecule has 5 nitrogen and oxygen atoms in total. The fourth-order valence-electron chi connectivity index (χ4n) is 1.04. The van der Waals surface area contributed by atoms with E-state index in [0.717, 1.165) is 0 Å². The number of nitrogens with two attached hydrogens (primary N) is 2. The van der Waals surface area contributed by atoms with Crippen LogP contribution in [-0.2, 0) is 0 Å². The maximum atomic E-state index is 10.9. The molecule has 1 aromatic heterocycles. The zero-order chi connectivity index (χ0) is 10.2. The monoisotopic (exact) mass is 246 g/mol. The molecular formula is C7H11BrN4O. The number of primary amides is 1. The van der Waals surface area contributed by atoms with Gasteiger partial charge >= 0.3 is 0 Å². The summed E-state index contributed by atoms with van der Waals surface area (Å²) in [6.07, 6.45) is 0. The summed E-state index contributed by atoms with van der Waals surface area (Å²) in [5.74, 6) is -0.273. The molecule has 0 atom stereocenters. The van der Waals surface area contributed by atoms with Gasteiger partial charge in [0.15, 0.2) is 0 Å². The van der Waals surface area contributed by atoms with E-state index in [0.29, 0.717) is 10.4 Å². The quantitative estimate of drug-likeness (QED) is 0.814. The highest BCUT2D eigenvalue weighted by Gasteiger charge is 2.19. The molecule has 0 spiro atoms. The number of carbonyl (C=O) groups is 1. The van der Waals surface area contributed by atoms with Crippen molar-refractivity contribution in [1.82, 2.24) is 9.78 Å². The highest BCUT2D eigenvalue weighted by atomic mass is 79.9. The number of aromatic nitrogens is 2. The number of halogens is 1. The minimum Gasteiger partial charge on any atom is -0.383 e. The Kier molecular flexibility index (Phi) is 2.60. The molecule has 0 bridgehead atoms. The molecule has 6 heteroatoms. The molecule has 0 aliphatic rings. The van der Waals surface area contributed by atoms with E-state index in [1.54, 1.807) is 4.68 Å². The summed E-state index contributed by atoms with van der Waals surface area (Å²) in [4.78, 5) is 10.9. The van der Waals surface area contributed by atoms with Crippen LogP contribution in [-0.4, -0.2) is 15.7 Å². The highest BCUT2D eigenvalue weighted by molar-refractivity contribution is 9.10. The fraction of sp³-hybridized carbons (Fsp3) is 0.429. The second kappa shape index (κ2) is 3.37. The van der Waals surface area contributed by atoms with Crippen molar-refractivity contribution in [2.45, 2.75) is 19.9 Å². The van der Waals surface area contributed by atoms with E-state index >= 15 is 0 Å². The first-order chi connectivity index (χ1) is 5.95. The maximum Gasteiger partial charge on any atom is 0.255 e. The third kappa shape index (κ3) is 1.67. The number of nitrogen functional groups attached to an aromatic ring is 1. The second-order valence-electron chi connectivity index (χ2n) is 2.95. The topological polar surface area (TPSA) is 86.9 Å². The minimum atomic E-state index is -0.573. The number of hydrogen-bond donors (Lipinski definition) is 2. The molecule has 0 aliphatic heterocycles. The zero-order valence-electron chi connectivity index (χ0n) is 7.41. The SMILES string of the molecule is CC(C)n1nc(Br)c(C(N)=O)c1N. The molecule has 4 N–H and O–H groups in total. The van der Waals surface area contributed by atoms with Gasteiger partial charge < -0.3 is 11.5 Å². The lowest BCUT2D eigenvalue weighted by Gasteiger charge is -2.06. The van der Waals surface area contributed by atoms with Crippen molar-refractivity contribution in [3.05, 3.63) is 10.2 Å². The van der Waals surface area contributed by atoms with Gasteiger partial charge in [0.05, 0.1) is 0 Å². The van der Waals surface area contributed by atoms with Crippen molar-refractivity contribution >= 4 is 27.7 Å². The van der Waals surface area contributed by atoms with Crippen molar-refractivity contribution in [3.8, 4) is 0 Å². The number of rotatable bonds is 2. The van der Waals surface area contributed by atoms with Crippen LogP contribution in [0.5, 0.6) is 0 Å². The summed E-state index contributed by atoms with van der Waals surface area (Å²) in [5.41, 5.74) is 11.0. The van der Waals surface area contributed by atoms with E-state index < -0.39 is 5.91 Å². The molecule has 1 heterocycles. The summed E-state index contributed by atoms with van der Waals surface area (Å²) in [7, 11) is 0. The Labute approximate surface area is 84.2 Å². The van der Waals surface area contributed by atoms with Crippen LogP contribution in [0, 0.1) is 0 Å². The van der Waals surface area contributed by atoms with Crippen LogP contribution in [0.4, 0.5) is 5.82 Å². The van der Waals surface area contributed by atoms with Crippen LogP contribution < -0.4 is 11.5 Å². The molecule has 13 heavy (non-hydrogen) atoms. The second-order valence-corrected chi connectivity index (χ2v) is 3.70. The van der Waals surface area contributed by atoms with E-state index in [1.807, 2.05) is 13.8 Å². The van der Waals surface area contributed by atoms with Crippen molar-refractivity contribution in [2.75, 3.05) is 5.73 Å². The molecule has 0 unspecified atom stereocenters. The average molecular weight is 247 g/mol. The molecule has 1 rings (SSSR count). The lowest BCUT2D eigenvalue weighted by molar-refractivity contribution is 0.100. The molecule has 0 radical (unpaired) electrons. The van der Waals surface area contributed by atoms with Crippen molar-refractivity contribution < 1.29 is 4.79 Å². The number of nitrogens with zero attached hydrogens (tertiary/aromatic N) is 2. The van der Waals surface area contributed by atoms with E-state index in [4.69, 9.17) is 11.5 Å². The van der Waals surface area contributed by atoms with Crippen LogP contribution in [0.2, 0.25) is 0 Å². The Morgan fingerprint density at radius 1 is 1.62 bits per heavy atom. The van der Waals surface area contributed by atoms with Crippen molar-refractivity contribution in [3.63, 3.8) is 0 Å². The molecule has 0 aliphatic carbocycles. The van der Waals surface area contributed by atoms with Crippen LogP contribution in [0.15, 0.2) is 4.60 Å². The first-order valence-electron chi connectivity index (χ1n) is 3.78. The van der Waals surface area contributed by atoms with Crippen LogP contribution in [0.25, 0.3) is 0 Å². The van der Waals surface area contributed by atoms with Gasteiger partial charge in [0.2, 0.25) is 0 Å². The number of amides is 1. The summed E-state index contributed by atoms with van der Waals surface area (Å²) in [6, 6.07) is 0.101. The molecule has 1 amide bonds. The largest absolute Gasteiger partial charge is 0.383 e. The van der Waals surface area contributed by atoms with Gasteiger partial charge in [0.25, 0.3) is 5.91 Å². The van der Waals surface area contributed by atoms with Gasteiger partial charge in [-0.3, -0.25) is 4.79 Å². The lowest BCUT2D eigenvalue weighted by Crippen LogP contribution is -2.14. The first-order valence-corrected chi connectivity index (χ1v) is 4.57.